The standard InChI is InChI=1S/C14H12N2O/c17-13-6-8-15-14-12(13)7-9-16(14)10-11-4-2-1-3-5-11/h1-9H,10H2,(H,15,17). The second-order valence-corrected chi connectivity index (χ2v) is 4.03. The van der Waals surface area contributed by atoms with Crippen LogP contribution in [0.3, 0.4) is 0 Å². The number of pyridine rings is 1. The molecule has 0 atom stereocenters. The second kappa shape index (κ2) is 3.94. The summed E-state index contributed by atoms with van der Waals surface area (Å²) in [5.74, 6) is 0. The second-order valence-electron chi connectivity index (χ2n) is 4.03. The summed E-state index contributed by atoms with van der Waals surface area (Å²) >= 11 is 0. The van der Waals surface area contributed by atoms with Crippen molar-refractivity contribution in [3.8, 4) is 0 Å². The van der Waals surface area contributed by atoms with Crippen molar-refractivity contribution < 1.29 is 0 Å². The first-order valence-electron chi connectivity index (χ1n) is 5.55. The third kappa shape index (κ3) is 1.76. The highest BCUT2D eigenvalue weighted by Gasteiger charge is 2.03. The molecule has 0 aliphatic carbocycles. The molecule has 3 rings (SSSR count). The van der Waals surface area contributed by atoms with Crippen LogP contribution in [0.2, 0.25) is 0 Å². The average molecular weight is 224 g/mol. The summed E-state index contributed by atoms with van der Waals surface area (Å²) in [6.45, 7) is 0.768. The SMILES string of the molecule is O=c1cc[nH]c2c1ccn2Cc1ccccc1. The molecule has 0 aliphatic rings. The molecule has 0 saturated heterocycles. The molecule has 2 heterocycles. The van der Waals surface area contributed by atoms with Gasteiger partial charge >= 0.3 is 0 Å². The predicted octanol–water partition coefficient (Wildman–Crippen LogP) is 2.38. The number of hydrogen-bond donors (Lipinski definition) is 1. The van der Waals surface area contributed by atoms with Gasteiger partial charge in [0.05, 0.1) is 5.39 Å². The summed E-state index contributed by atoms with van der Waals surface area (Å²) in [7, 11) is 0. The molecule has 0 radical (unpaired) electrons. The van der Waals surface area contributed by atoms with Crippen molar-refractivity contribution in [1.82, 2.24) is 9.55 Å². The third-order valence-electron chi connectivity index (χ3n) is 2.88. The van der Waals surface area contributed by atoms with Crippen molar-refractivity contribution >= 4 is 11.0 Å². The summed E-state index contributed by atoms with van der Waals surface area (Å²) in [5.41, 5.74) is 2.15. The smallest absolute Gasteiger partial charge is 0.190 e. The number of nitrogens with zero attached hydrogens (tertiary/aromatic N) is 1. The first-order valence-corrected chi connectivity index (χ1v) is 5.55. The summed E-state index contributed by atoms with van der Waals surface area (Å²) in [5, 5.41) is 0.739. The number of aromatic amines is 1. The largest absolute Gasteiger partial charge is 0.347 e. The molecule has 2 aromatic heterocycles. The molecule has 0 fully saturated rings. The van der Waals surface area contributed by atoms with Gasteiger partial charge in [0.15, 0.2) is 5.43 Å². The van der Waals surface area contributed by atoms with Gasteiger partial charge in [0.2, 0.25) is 0 Å². The molecule has 3 nitrogen and oxygen atoms in total. The van der Waals surface area contributed by atoms with Crippen LogP contribution in [0.4, 0.5) is 0 Å². The molecule has 0 aliphatic heterocycles. The number of H-pyrrole nitrogens is 1. The minimum Gasteiger partial charge on any atom is -0.347 e. The Morgan fingerprint density at radius 1 is 1.06 bits per heavy atom. The van der Waals surface area contributed by atoms with E-state index in [4.69, 9.17) is 0 Å². The number of hydrogen-bond acceptors (Lipinski definition) is 1. The van der Waals surface area contributed by atoms with Crippen LogP contribution < -0.4 is 5.43 Å². The van der Waals surface area contributed by atoms with Crippen molar-refractivity contribution in [1.29, 1.82) is 0 Å². The lowest BCUT2D eigenvalue weighted by molar-refractivity contribution is 0.825. The average Bonchev–Trinajstić information content (AvgIpc) is 2.76. The maximum Gasteiger partial charge on any atom is 0.190 e. The van der Waals surface area contributed by atoms with E-state index < -0.39 is 0 Å². The van der Waals surface area contributed by atoms with Gasteiger partial charge in [-0.15, -0.1) is 0 Å². The Balaban J connectivity index is 2.08. The summed E-state index contributed by atoms with van der Waals surface area (Å²) in [4.78, 5) is 14.7. The minimum absolute atomic E-state index is 0.0607. The lowest BCUT2D eigenvalue weighted by Crippen LogP contribution is -2.03. The zero-order valence-electron chi connectivity index (χ0n) is 9.26. The van der Waals surface area contributed by atoms with Crippen molar-refractivity contribution in [3.05, 3.63) is 70.6 Å². The van der Waals surface area contributed by atoms with Crippen molar-refractivity contribution in [2.75, 3.05) is 0 Å². The van der Waals surface area contributed by atoms with E-state index >= 15 is 0 Å². The van der Waals surface area contributed by atoms with Crippen LogP contribution in [0, 0.1) is 0 Å². The lowest BCUT2D eigenvalue weighted by atomic mass is 10.2. The van der Waals surface area contributed by atoms with E-state index in [1.165, 1.54) is 5.56 Å². The summed E-state index contributed by atoms with van der Waals surface area (Å²) in [6.07, 6.45) is 3.63. The molecular formula is C14H12N2O. The van der Waals surface area contributed by atoms with E-state index in [2.05, 4.69) is 17.1 Å². The van der Waals surface area contributed by atoms with Gasteiger partial charge in [0.25, 0.3) is 0 Å². The normalized spacial score (nSPS) is 10.8. The van der Waals surface area contributed by atoms with Gasteiger partial charge in [-0.05, 0) is 11.6 Å². The van der Waals surface area contributed by atoms with Crippen LogP contribution in [-0.2, 0) is 6.54 Å². The van der Waals surface area contributed by atoms with Gasteiger partial charge in [-0.1, -0.05) is 30.3 Å². The van der Waals surface area contributed by atoms with E-state index in [1.807, 2.05) is 35.0 Å². The molecule has 84 valence electrons. The van der Waals surface area contributed by atoms with E-state index in [1.54, 1.807) is 12.3 Å². The fourth-order valence-electron chi connectivity index (χ4n) is 2.03. The van der Waals surface area contributed by atoms with Crippen LogP contribution in [-0.4, -0.2) is 9.55 Å². The van der Waals surface area contributed by atoms with E-state index in [0.717, 1.165) is 17.6 Å². The Labute approximate surface area is 98.3 Å². The Kier molecular flexibility index (Phi) is 2.29. The number of aromatic nitrogens is 2. The van der Waals surface area contributed by atoms with Crippen LogP contribution >= 0.6 is 0 Å². The highest BCUT2D eigenvalue weighted by molar-refractivity contribution is 5.75. The number of rotatable bonds is 2. The van der Waals surface area contributed by atoms with Gasteiger partial charge < -0.3 is 9.55 Å². The zero-order chi connectivity index (χ0) is 11.7. The molecule has 1 N–H and O–H groups in total. The maximum atomic E-state index is 11.6. The topological polar surface area (TPSA) is 37.8 Å². The van der Waals surface area contributed by atoms with Crippen LogP contribution in [0.15, 0.2) is 59.7 Å². The van der Waals surface area contributed by atoms with Gasteiger partial charge in [-0.2, -0.15) is 0 Å². The fraction of sp³-hybridized carbons (Fsp3) is 0.0714. The van der Waals surface area contributed by atoms with E-state index in [0.29, 0.717) is 0 Å². The fourth-order valence-corrected chi connectivity index (χ4v) is 2.03. The highest BCUT2D eigenvalue weighted by atomic mass is 16.1. The first kappa shape index (κ1) is 9.90. The Morgan fingerprint density at radius 2 is 1.88 bits per heavy atom. The van der Waals surface area contributed by atoms with Crippen LogP contribution in [0.1, 0.15) is 5.56 Å². The predicted molar refractivity (Wildman–Crippen MR) is 68.1 cm³/mol. The number of benzene rings is 1. The monoisotopic (exact) mass is 224 g/mol. The van der Waals surface area contributed by atoms with Gasteiger partial charge in [0.1, 0.15) is 5.65 Å². The van der Waals surface area contributed by atoms with Gasteiger partial charge in [-0.25, -0.2) is 0 Å². The molecule has 1 aromatic carbocycles. The molecule has 0 amide bonds. The molecule has 0 saturated carbocycles. The number of nitrogens with one attached hydrogen (secondary N) is 1. The number of fused-ring (bicyclic) bond motifs is 1. The van der Waals surface area contributed by atoms with Crippen LogP contribution in [0.5, 0.6) is 0 Å². The molecule has 17 heavy (non-hydrogen) atoms. The minimum atomic E-state index is 0.0607. The molecule has 3 aromatic rings. The van der Waals surface area contributed by atoms with Crippen molar-refractivity contribution in [3.63, 3.8) is 0 Å². The summed E-state index contributed by atoms with van der Waals surface area (Å²) in [6, 6.07) is 13.6. The van der Waals surface area contributed by atoms with E-state index in [9.17, 15) is 4.79 Å². The quantitative estimate of drug-likeness (QED) is 0.713. The molecule has 0 unspecified atom stereocenters. The maximum absolute atomic E-state index is 11.6. The Bertz CT molecular complexity index is 695. The molecular weight excluding hydrogens is 212 g/mol. The van der Waals surface area contributed by atoms with E-state index in [-0.39, 0.29) is 5.43 Å². The van der Waals surface area contributed by atoms with Crippen molar-refractivity contribution in [2.24, 2.45) is 0 Å². The van der Waals surface area contributed by atoms with Crippen LogP contribution in [0.25, 0.3) is 11.0 Å². The molecule has 3 heteroatoms. The Morgan fingerprint density at radius 3 is 2.71 bits per heavy atom. The molecule has 0 bridgehead atoms. The van der Waals surface area contributed by atoms with Crippen molar-refractivity contribution in [2.45, 2.75) is 6.54 Å². The van der Waals surface area contributed by atoms with Gasteiger partial charge in [-0.3, -0.25) is 4.79 Å². The lowest BCUT2D eigenvalue weighted by Gasteiger charge is -2.04. The summed E-state index contributed by atoms with van der Waals surface area (Å²) < 4.78 is 2.05. The third-order valence-corrected chi connectivity index (χ3v) is 2.88. The Hall–Kier alpha value is -2.29. The first-order chi connectivity index (χ1) is 8.34. The molecule has 0 spiro atoms. The van der Waals surface area contributed by atoms with Gasteiger partial charge in [0, 0.05) is 25.0 Å². The zero-order valence-corrected chi connectivity index (χ0v) is 9.26. The highest BCUT2D eigenvalue weighted by Crippen LogP contribution is 2.11.